The monoisotopic (exact) mass is 583 g/mol. The third-order valence-electron chi connectivity index (χ3n) is 7.81. The minimum absolute atomic E-state index is 0.0188. The van der Waals surface area contributed by atoms with Crippen LogP contribution in [0, 0.1) is 10.1 Å². The quantitative estimate of drug-likeness (QED) is 0.230. The summed E-state index contributed by atoms with van der Waals surface area (Å²) in [6.45, 7) is 0.287. The Hall–Kier alpha value is -5.03. The molecule has 4 aromatic rings. The van der Waals surface area contributed by atoms with Crippen LogP contribution in [-0.2, 0) is 29.6 Å². The number of non-ortho nitro benzene ring substituents is 1. The Balaban J connectivity index is 1.39. The number of fused-ring (bicyclic) bond motifs is 1. The van der Waals surface area contributed by atoms with Crippen molar-refractivity contribution in [3.8, 4) is 0 Å². The maximum Gasteiger partial charge on any atom is 0.269 e. The molecule has 1 aliphatic heterocycles. The summed E-state index contributed by atoms with van der Waals surface area (Å²) in [5.74, 6) is -1.30. The van der Waals surface area contributed by atoms with Gasteiger partial charge in [0.25, 0.3) is 11.6 Å². The maximum atomic E-state index is 13.8. The highest BCUT2D eigenvalue weighted by Crippen LogP contribution is 2.27. The number of para-hydroxylation sites is 1. The summed E-state index contributed by atoms with van der Waals surface area (Å²) in [5, 5.41) is 25.2. The third kappa shape index (κ3) is 6.41. The fourth-order valence-electron chi connectivity index (χ4n) is 5.61. The zero-order valence-corrected chi connectivity index (χ0v) is 23.9. The van der Waals surface area contributed by atoms with Gasteiger partial charge in [0.15, 0.2) is 0 Å². The van der Waals surface area contributed by atoms with E-state index in [1.54, 1.807) is 25.4 Å². The average molecular weight is 584 g/mol. The van der Waals surface area contributed by atoms with Gasteiger partial charge < -0.3 is 24.8 Å². The van der Waals surface area contributed by atoms with Gasteiger partial charge in [0.2, 0.25) is 11.8 Å². The van der Waals surface area contributed by atoms with Gasteiger partial charge in [0, 0.05) is 69.3 Å². The molecule has 1 fully saturated rings. The van der Waals surface area contributed by atoms with Gasteiger partial charge in [-0.1, -0.05) is 60.7 Å². The van der Waals surface area contributed by atoms with Crippen LogP contribution < -0.4 is 5.32 Å². The largest absolute Gasteiger partial charge is 0.391 e. The minimum atomic E-state index is -1.02. The Morgan fingerprint density at radius 3 is 2.40 bits per heavy atom. The van der Waals surface area contributed by atoms with E-state index >= 15 is 0 Å². The number of benzene rings is 3. The highest BCUT2D eigenvalue weighted by Gasteiger charge is 2.41. The van der Waals surface area contributed by atoms with Crippen molar-refractivity contribution >= 4 is 34.3 Å². The van der Waals surface area contributed by atoms with Gasteiger partial charge in [-0.3, -0.25) is 24.5 Å². The van der Waals surface area contributed by atoms with Crippen molar-refractivity contribution in [3.63, 3.8) is 0 Å². The third-order valence-corrected chi connectivity index (χ3v) is 7.81. The second-order valence-electron chi connectivity index (χ2n) is 10.9. The summed E-state index contributed by atoms with van der Waals surface area (Å²) in [4.78, 5) is 54.7. The normalized spacial score (nSPS) is 17.0. The number of hydrogen-bond donors (Lipinski definition) is 2. The van der Waals surface area contributed by atoms with E-state index in [-0.39, 0.29) is 36.9 Å². The number of aromatic nitrogens is 1. The first kappa shape index (κ1) is 29.5. The number of amides is 3. The molecule has 1 saturated heterocycles. The molecule has 11 nitrogen and oxygen atoms in total. The molecule has 0 aliphatic carbocycles. The number of nitrogens with one attached hydrogen (secondary N) is 1. The van der Waals surface area contributed by atoms with E-state index in [4.69, 9.17) is 0 Å². The van der Waals surface area contributed by atoms with E-state index < -0.39 is 29.0 Å². The summed E-state index contributed by atoms with van der Waals surface area (Å²) in [6, 6.07) is 20.7. The van der Waals surface area contributed by atoms with Crippen LogP contribution in [0.2, 0.25) is 0 Å². The summed E-state index contributed by atoms with van der Waals surface area (Å²) in [6.07, 6.45) is 0.917. The van der Waals surface area contributed by atoms with Gasteiger partial charge in [-0.2, -0.15) is 0 Å². The van der Waals surface area contributed by atoms with Crippen molar-refractivity contribution in [2.45, 2.75) is 37.6 Å². The molecular weight excluding hydrogens is 550 g/mol. The van der Waals surface area contributed by atoms with Crippen LogP contribution in [0.4, 0.5) is 5.69 Å². The standard InChI is InChI=1S/C32H33N5O6/c1-34-20-26(25-10-6-7-11-28(25)34)31(40)36-19-24(38)17-29(36)30(39)33-27(16-21-12-14-23(15-13-21)37(42)43)32(41)35(2)18-22-8-4-3-5-9-22/h3-15,20,24,27,29,38H,16-19H2,1-2H3,(H,33,39). The van der Waals surface area contributed by atoms with Gasteiger partial charge in [0.1, 0.15) is 12.1 Å². The topological polar surface area (TPSA) is 138 Å². The second-order valence-corrected chi connectivity index (χ2v) is 10.9. The van der Waals surface area contributed by atoms with Gasteiger partial charge in [-0.15, -0.1) is 0 Å². The van der Waals surface area contributed by atoms with Gasteiger partial charge in [-0.05, 0) is 17.2 Å². The Bertz CT molecular complexity index is 1650. The van der Waals surface area contributed by atoms with Crippen LogP contribution in [0.5, 0.6) is 0 Å². The second kappa shape index (κ2) is 12.5. The number of hydrogen-bond acceptors (Lipinski definition) is 6. The lowest BCUT2D eigenvalue weighted by molar-refractivity contribution is -0.384. The van der Waals surface area contributed by atoms with Crippen LogP contribution in [0.3, 0.4) is 0 Å². The summed E-state index contributed by atoms with van der Waals surface area (Å²) in [5.41, 5.74) is 2.73. The lowest BCUT2D eigenvalue weighted by Gasteiger charge is -2.28. The lowest BCUT2D eigenvalue weighted by Crippen LogP contribution is -2.54. The molecule has 222 valence electrons. The highest BCUT2D eigenvalue weighted by molar-refractivity contribution is 6.08. The smallest absolute Gasteiger partial charge is 0.269 e. The maximum absolute atomic E-state index is 13.8. The number of aliphatic hydroxyl groups excluding tert-OH is 1. The van der Waals surface area contributed by atoms with Crippen LogP contribution in [-0.4, -0.2) is 73.9 Å². The fourth-order valence-corrected chi connectivity index (χ4v) is 5.61. The number of likely N-dealkylation sites (N-methyl/N-ethyl adjacent to an activating group) is 1. The number of nitro benzene ring substituents is 1. The molecule has 11 heteroatoms. The molecule has 2 N–H and O–H groups in total. The number of rotatable bonds is 9. The van der Waals surface area contributed by atoms with Gasteiger partial charge in [0.05, 0.1) is 16.6 Å². The van der Waals surface area contributed by atoms with Crippen molar-refractivity contribution < 1.29 is 24.4 Å². The van der Waals surface area contributed by atoms with Crippen LogP contribution in [0.25, 0.3) is 10.9 Å². The van der Waals surface area contributed by atoms with E-state index in [2.05, 4.69) is 5.32 Å². The average Bonchev–Trinajstić information content (AvgIpc) is 3.56. The van der Waals surface area contributed by atoms with E-state index in [1.807, 2.05) is 66.2 Å². The number of nitrogens with zero attached hydrogens (tertiary/aromatic N) is 4. The van der Waals surface area contributed by atoms with Crippen molar-refractivity contribution in [3.05, 3.63) is 112 Å². The molecule has 0 saturated carbocycles. The number of carbonyl (C=O) groups is 3. The summed E-state index contributed by atoms with van der Waals surface area (Å²) in [7, 11) is 3.47. The first-order chi connectivity index (χ1) is 20.6. The predicted octanol–water partition coefficient (Wildman–Crippen LogP) is 3.05. The first-order valence-corrected chi connectivity index (χ1v) is 14.0. The molecule has 1 aromatic heterocycles. The minimum Gasteiger partial charge on any atom is -0.391 e. The SMILES string of the molecule is CN(Cc1ccccc1)C(=O)C(Cc1ccc([N+](=O)[O-])cc1)NC(=O)C1CC(O)CN1C(=O)c1cn(C)c2ccccc12. The van der Waals surface area contributed by atoms with Gasteiger partial charge >= 0.3 is 0 Å². The molecule has 1 aliphatic rings. The molecule has 0 spiro atoms. The van der Waals surface area contributed by atoms with Crippen molar-refractivity contribution in [2.24, 2.45) is 7.05 Å². The number of likely N-dealkylation sites (tertiary alicyclic amines) is 1. The zero-order valence-electron chi connectivity index (χ0n) is 23.9. The number of β-amino-alcohol motifs (C(OH)–C–C–N with tert-alkyl or cyclic N) is 1. The van der Waals surface area contributed by atoms with Crippen LogP contribution >= 0.6 is 0 Å². The van der Waals surface area contributed by atoms with Crippen molar-refractivity contribution in [1.82, 2.24) is 19.7 Å². The highest BCUT2D eigenvalue weighted by atomic mass is 16.6. The van der Waals surface area contributed by atoms with E-state index in [0.717, 1.165) is 16.5 Å². The Kier molecular flexibility index (Phi) is 8.53. The number of aryl methyl sites for hydroxylation is 1. The Morgan fingerprint density at radius 1 is 1.02 bits per heavy atom. The van der Waals surface area contributed by atoms with Crippen LogP contribution in [0.1, 0.15) is 27.9 Å². The molecule has 43 heavy (non-hydrogen) atoms. The van der Waals surface area contributed by atoms with Crippen molar-refractivity contribution in [1.29, 1.82) is 0 Å². The molecule has 5 rings (SSSR count). The molecule has 0 bridgehead atoms. The van der Waals surface area contributed by atoms with E-state index in [1.165, 1.54) is 21.9 Å². The Morgan fingerprint density at radius 2 is 1.70 bits per heavy atom. The molecule has 3 atom stereocenters. The van der Waals surface area contributed by atoms with E-state index in [0.29, 0.717) is 17.7 Å². The first-order valence-electron chi connectivity index (χ1n) is 14.0. The molecular formula is C32H33N5O6. The lowest BCUT2D eigenvalue weighted by atomic mass is 10.0. The summed E-state index contributed by atoms with van der Waals surface area (Å²) >= 11 is 0. The molecule has 3 unspecified atom stereocenters. The van der Waals surface area contributed by atoms with Crippen molar-refractivity contribution in [2.75, 3.05) is 13.6 Å². The van der Waals surface area contributed by atoms with Crippen LogP contribution in [0.15, 0.2) is 85.1 Å². The molecule has 3 amide bonds. The Labute approximate surface area is 248 Å². The summed E-state index contributed by atoms with van der Waals surface area (Å²) < 4.78 is 1.84. The molecule has 0 radical (unpaired) electrons. The fraction of sp³-hybridized carbons (Fsp3) is 0.281. The van der Waals surface area contributed by atoms with E-state index in [9.17, 15) is 29.6 Å². The predicted molar refractivity (Wildman–Crippen MR) is 160 cm³/mol. The zero-order chi connectivity index (χ0) is 30.7. The molecule has 2 heterocycles. The van der Waals surface area contributed by atoms with Gasteiger partial charge in [-0.25, -0.2) is 0 Å². The number of nitro groups is 1. The number of carbonyl (C=O) groups excluding carboxylic acids is 3. The number of aliphatic hydroxyl groups is 1. The molecule has 3 aromatic carbocycles.